The number of nitrogens with zero attached hydrogens (tertiary/aromatic N) is 1. The van der Waals surface area contributed by atoms with Crippen LogP contribution in [0.2, 0.25) is 0 Å². The lowest BCUT2D eigenvalue weighted by atomic mass is 10.1. The van der Waals surface area contributed by atoms with Crippen LogP contribution in [0.3, 0.4) is 0 Å². The van der Waals surface area contributed by atoms with E-state index in [-0.39, 0.29) is 12.2 Å². The zero-order chi connectivity index (χ0) is 13.7. The van der Waals surface area contributed by atoms with E-state index in [1.165, 1.54) is 12.1 Å². The van der Waals surface area contributed by atoms with Gasteiger partial charge in [-0.15, -0.1) is 0 Å². The second-order valence-electron chi connectivity index (χ2n) is 4.13. The summed E-state index contributed by atoms with van der Waals surface area (Å²) in [5, 5.41) is 21.0. The highest BCUT2D eigenvalue weighted by molar-refractivity contribution is 5.57. The zero-order valence-electron chi connectivity index (χ0n) is 10.2. The predicted molar refractivity (Wildman–Crippen MR) is 70.8 cm³/mol. The van der Waals surface area contributed by atoms with Crippen LogP contribution in [0, 0.1) is 17.1 Å². The van der Waals surface area contributed by atoms with Crippen LogP contribution in [0.25, 0.3) is 0 Å². The summed E-state index contributed by atoms with van der Waals surface area (Å²) in [6, 6.07) is 13.5. The van der Waals surface area contributed by atoms with Crippen molar-refractivity contribution in [2.24, 2.45) is 0 Å². The van der Waals surface area contributed by atoms with E-state index in [4.69, 9.17) is 10.4 Å². The second kappa shape index (κ2) is 5.98. The Bertz CT molecular complexity index is 603. The van der Waals surface area contributed by atoms with E-state index in [2.05, 4.69) is 5.32 Å². The molecule has 0 aliphatic rings. The van der Waals surface area contributed by atoms with Crippen molar-refractivity contribution in [3.63, 3.8) is 0 Å². The first kappa shape index (κ1) is 13.1. The zero-order valence-corrected chi connectivity index (χ0v) is 10.2. The molecule has 19 heavy (non-hydrogen) atoms. The van der Waals surface area contributed by atoms with Gasteiger partial charge in [0.25, 0.3) is 0 Å². The number of halogens is 1. The molecule has 3 nitrogen and oxygen atoms in total. The number of nitriles is 1. The third kappa shape index (κ3) is 3.30. The average Bonchev–Trinajstić information content (AvgIpc) is 2.46. The summed E-state index contributed by atoms with van der Waals surface area (Å²) in [7, 11) is 0. The molecule has 0 heterocycles. The first-order valence-corrected chi connectivity index (χ1v) is 5.85. The Balaban J connectivity index is 2.08. The Labute approximate surface area is 110 Å². The quantitative estimate of drug-likeness (QED) is 0.884. The van der Waals surface area contributed by atoms with Crippen LogP contribution in [0.4, 0.5) is 10.1 Å². The normalized spacial score (nSPS) is 9.95. The van der Waals surface area contributed by atoms with Crippen LogP contribution >= 0.6 is 0 Å². The number of rotatable bonds is 4. The molecular formula is C15H13FN2O. The topological polar surface area (TPSA) is 56.0 Å². The molecule has 0 spiro atoms. The fourth-order valence-electron chi connectivity index (χ4n) is 1.72. The van der Waals surface area contributed by atoms with E-state index in [0.29, 0.717) is 12.2 Å². The lowest BCUT2D eigenvalue weighted by molar-refractivity contribution is 0.282. The van der Waals surface area contributed by atoms with Crippen molar-refractivity contribution in [2.45, 2.75) is 13.2 Å². The smallest absolute Gasteiger partial charge is 0.124 e. The van der Waals surface area contributed by atoms with Gasteiger partial charge in [0.05, 0.1) is 17.9 Å². The molecule has 2 rings (SSSR count). The maximum absolute atomic E-state index is 13.0. The van der Waals surface area contributed by atoms with Crippen molar-refractivity contribution in [1.82, 2.24) is 0 Å². The lowest BCUT2D eigenvalue weighted by Gasteiger charge is -2.08. The van der Waals surface area contributed by atoms with Crippen LogP contribution in [-0.2, 0) is 13.2 Å². The Morgan fingerprint density at radius 2 is 1.79 bits per heavy atom. The molecule has 0 aliphatic carbocycles. The molecule has 2 aromatic carbocycles. The summed E-state index contributed by atoms with van der Waals surface area (Å²) in [5.41, 5.74) is 2.76. The van der Waals surface area contributed by atoms with Gasteiger partial charge in [-0.2, -0.15) is 5.26 Å². The van der Waals surface area contributed by atoms with Gasteiger partial charge in [-0.1, -0.05) is 24.3 Å². The van der Waals surface area contributed by atoms with Gasteiger partial charge in [-0.05, 0) is 29.3 Å². The van der Waals surface area contributed by atoms with Crippen molar-refractivity contribution in [3.8, 4) is 6.07 Å². The molecule has 2 aromatic rings. The van der Waals surface area contributed by atoms with Gasteiger partial charge in [0.15, 0.2) is 0 Å². The SMILES string of the molecule is N#Cc1cc(F)ccc1NCc1ccc(CO)cc1. The molecule has 0 aromatic heterocycles. The molecule has 0 atom stereocenters. The van der Waals surface area contributed by atoms with E-state index in [0.717, 1.165) is 11.1 Å². The third-order valence-electron chi connectivity index (χ3n) is 2.79. The van der Waals surface area contributed by atoms with Gasteiger partial charge in [-0.3, -0.25) is 0 Å². The molecule has 0 aliphatic heterocycles. The Morgan fingerprint density at radius 3 is 2.42 bits per heavy atom. The summed E-state index contributed by atoms with van der Waals surface area (Å²) in [6.45, 7) is 0.552. The van der Waals surface area contributed by atoms with Crippen molar-refractivity contribution in [3.05, 3.63) is 65.0 Å². The standard InChI is InChI=1S/C15H13FN2O/c16-14-5-6-15(13(7-14)8-17)18-9-11-1-3-12(10-19)4-2-11/h1-7,18-19H,9-10H2. The Hall–Kier alpha value is -2.38. The van der Waals surface area contributed by atoms with Crippen LogP contribution in [0.1, 0.15) is 16.7 Å². The molecule has 0 unspecified atom stereocenters. The van der Waals surface area contributed by atoms with E-state index >= 15 is 0 Å². The summed E-state index contributed by atoms with van der Waals surface area (Å²) >= 11 is 0. The summed E-state index contributed by atoms with van der Waals surface area (Å²) in [6.07, 6.45) is 0. The average molecular weight is 256 g/mol. The van der Waals surface area contributed by atoms with E-state index in [9.17, 15) is 4.39 Å². The number of aliphatic hydroxyl groups is 1. The van der Waals surface area contributed by atoms with Crippen LogP contribution in [0.5, 0.6) is 0 Å². The Morgan fingerprint density at radius 1 is 1.11 bits per heavy atom. The largest absolute Gasteiger partial charge is 0.392 e. The fourth-order valence-corrected chi connectivity index (χ4v) is 1.72. The third-order valence-corrected chi connectivity index (χ3v) is 2.79. The first-order valence-electron chi connectivity index (χ1n) is 5.85. The molecule has 2 N–H and O–H groups in total. The Kier molecular flexibility index (Phi) is 4.11. The fraction of sp³-hybridized carbons (Fsp3) is 0.133. The van der Waals surface area contributed by atoms with Gasteiger partial charge in [0.2, 0.25) is 0 Å². The van der Waals surface area contributed by atoms with Crippen LogP contribution in [-0.4, -0.2) is 5.11 Å². The number of anilines is 1. The number of nitrogens with one attached hydrogen (secondary N) is 1. The minimum absolute atomic E-state index is 0.0181. The van der Waals surface area contributed by atoms with Crippen molar-refractivity contribution >= 4 is 5.69 Å². The van der Waals surface area contributed by atoms with Crippen molar-refractivity contribution in [2.75, 3.05) is 5.32 Å². The highest BCUT2D eigenvalue weighted by Crippen LogP contribution is 2.17. The highest BCUT2D eigenvalue weighted by Gasteiger charge is 2.03. The van der Waals surface area contributed by atoms with E-state index < -0.39 is 5.82 Å². The minimum Gasteiger partial charge on any atom is -0.392 e. The molecule has 4 heteroatoms. The molecule has 0 saturated carbocycles. The van der Waals surface area contributed by atoms with Gasteiger partial charge >= 0.3 is 0 Å². The van der Waals surface area contributed by atoms with Gasteiger partial charge in [0.1, 0.15) is 11.9 Å². The van der Waals surface area contributed by atoms with E-state index in [1.54, 1.807) is 6.07 Å². The van der Waals surface area contributed by atoms with Gasteiger partial charge < -0.3 is 10.4 Å². The van der Waals surface area contributed by atoms with Crippen molar-refractivity contribution in [1.29, 1.82) is 5.26 Å². The molecule has 0 amide bonds. The molecule has 0 saturated heterocycles. The molecule has 0 radical (unpaired) electrons. The first-order chi connectivity index (χ1) is 9.22. The van der Waals surface area contributed by atoms with E-state index in [1.807, 2.05) is 30.3 Å². The molecule has 0 bridgehead atoms. The maximum Gasteiger partial charge on any atom is 0.124 e. The number of hydrogen-bond acceptors (Lipinski definition) is 3. The number of hydrogen-bond donors (Lipinski definition) is 2. The highest BCUT2D eigenvalue weighted by atomic mass is 19.1. The van der Waals surface area contributed by atoms with Crippen LogP contribution in [0.15, 0.2) is 42.5 Å². The molecule has 96 valence electrons. The molecule has 0 fully saturated rings. The summed E-state index contributed by atoms with van der Waals surface area (Å²) in [5.74, 6) is -0.422. The van der Waals surface area contributed by atoms with Gasteiger partial charge in [0, 0.05) is 6.54 Å². The van der Waals surface area contributed by atoms with Crippen molar-refractivity contribution < 1.29 is 9.50 Å². The second-order valence-corrected chi connectivity index (χ2v) is 4.13. The predicted octanol–water partition coefficient (Wildman–Crippen LogP) is 2.80. The molecular weight excluding hydrogens is 243 g/mol. The summed E-state index contributed by atoms with van der Waals surface area (Å²) in [4.78, 5) is 0. The minimum atomic E-state index is -0.422. The lowest BCUT2D eigenvalue weighted by Crippen LogP contribution is -2.01. The number of aliphatic hydroxyl groups excluding tert-OH is 1. The van der Waals surface area contributed by atoms with Gasteiger partial charge in [-0.25, -0.2) is 4.39 Å². The maximum atomic E-state index is 13.0. The monoisotopic (exact) mass is 256 g/mol. The van der Waals surface area contributed by atoms with Crippen LogP contribution < -0.4 is 5.32 Å². The number of benzene rings is 2. The summed E-state index contributed by atoms with van der Waals surface area (Å²) < 4.78 is 13.0.